The highest BCUT2D eigenvalue weighted by molar-refractivity contribution is 9.10. The maximum atomic E-state index is 13.2. The molecule has 0 fully saturated rings. The highest BCUT2D eigenvalue weighted by atomic mass is 79.9. The van der Waals surface area contributed by atoms with Crippen LogP contribution in [-0.4, -0.2) is 4.98 Å². The van der Waals surface area contributed by atoms with Crippen LogP contribution in [0.1, 0.15) is 0 Å². The van der Waals surface area contributed by atoms with E-state index in [0.717, 1.165) is 0 Å². The van der Waals surface area contributed by atoms with Gasteiger partial charge in [-0.1, -0.05) is 15.9 Å². The number of hydrogen-bond donors (Lipinski definition) is 2. The van der Waals surface area contributed by atoms with E-state index in [2.05, 4.69) is 26.3 Å². The van der Waals surface area contributed by atoms with Gasteiger partial charge in [0, 0.05) is 4.47 Å². The van der Waals surface area contributed by atoms with Gasteiger partial charge in [0.2, 0.25) is 0 Å². The van der Waals surface area contributed by atoms with Gasteiger partial charge in [-0.15, -0.1) is 0 Å². The summed E-state index contributed by atoms with van der Waals surface area (Å²) in [6, 6.07) is 3.03. The fourth-order valence-electron chi connectivity index (χ4n) is 1.02. The molecular formula is C7H5BrFN3O. The Balaban J connectivity index is 2.75. The number of nitrogen functional groups attached to an aromatic ring is 1. The first-order valence-corrected chi connectivity index (χ1v) is 4.22. The molecule has 1 aromatic carbocycles. The van der Waals surface area contributed by atoms with Crippen molar-refractivity contribution < 1.29 is 8.81 Å². The van der Waals surface area contributed by atoms with E-state index in [1.807, 2.05) is 0 Å². The van der Waals surface area contributed by atoms with E-state index in [0.29, 0.717) is 9.99 Å². The Morgan fingerprint density at radius 2 is 2.31 bits per heavy atom. The number of halogens is 2. The predicted octanol–water partition coefficient (Wildman–Crippen LogP) is 2.02. The summed E-state index contributed by atoms with van der Waals surface area (Å²) in [6.07, 6.45) is 0. The molecule has 2 aromatic rings. The quantitative estimate of drug-likeness (QED) is 0.596. The number of rotatable bonds is 1. The molecule has 0 aliphatic heterocycles. The second-order valence-electron chi connectivity index (χ2n) is 2.40. The molecule has 3 N–H and O–H groups in total. The SMILES string of the molecule is NNc1nc2cc(Br)cc(F)c2o1. The number of hydrazine groups is 1. The van der Waals surface area contributed by atoms with Crippen LogP contribution < -0.4 is 11.3 Å². The second-order valence-corrected chi connectivity index (χ2v) is 3.31. The third-order valence-electron chi connectivity index (χ3n) is 1.53. The van der Waals surface area contributed by atoms with Gasteiger partial charge in [-0.3, -0.25) is 5.43 Å². The Morgan fingerprint density at radius 1 is 1.54 bits per heavy atom. The van der Waals surface area contributed by atoms with Crippen LogP contribution in [0.3, 0.4) is 0 Å². The van der Waals surface area contributed by atoms with Crippen molar-refractivity contribution in [2.45, 2.75) is 0 Å². The number of hydrogen-bond acceptors (Lipinski definition) is 4. The number of anilines is 1. The second kappa shape index (κ2) is 2.97. The zero-order valence-electron chi connectivity index (χ0n) is 6.34. The molecule has 0 radical (unpaired) electrons. The summed E-state index contributed by atoms with van der Waals surface area (Å²) in [6.45, 7) is 0. The molecule has 6 heteroatoms. The van der Waals surface area contributed by atoms with Gasteiger partial charge in [-0.2, -0.15) is 4.98 Å². The lowest BCUT2D eigenvalue weighted by Crippen LogP contribution is -2.06. The lowest BCUT2D eigenvalue weighted by molar-refractivity contribution is 0.563. The molecule has 2 rings (SSSR count). The van der Waals surface area contributed by atoms with Gasteiger partial charge >= 0.3 is 6.01 Å². The molecule has 0 bridgehead atoms. The topological polar surface area (TPSA) is 64.1 Å². The van der Waals surface area contributed by atoms with Gasteiger partial charge < -0.3 is 4.42 Å². The van der Waals surface area contributed by atoms with Crippen molar-refractivity contribution in [2.24, 2.45) is 5.84 Å². The van der Waals surface area contributed by atoms with Gasteiger partial charge in [0.15, 0.2) is 11.4 Å². The normalized spacial score (nSPS) is 10.7. The monoisotopic (exact) mass is 245 g/mol. The van der Waals surface area contributed by atoms with E-state index in [9.17, 15) is 4.39 Å². The van der Waals surface area contributed by atoms with Gasteiger partial charge in [-0.25, -0.2) is 10.2 Å². The third kappa shape index (κ3) is 1.38. The van der Waals surface area contributed by atoms with E-state index < -0.39 is 5.82 Å². The third-order valence-corrected chi connectivity index (χ3v) is 1.99. The van der Waals surface area contributed by atoms with E-state index in [-0.39, 0.29) is 11.6 Å². The van der Waals surface area contributed by atoms with Gasteiger partial charge in [-0.05, 0) is 12.1 Å². The Kier molecular flexibility index (Phi) is 1.93. The molecule has 0 unspecified atom stereocenters. The Bertz CT molecular complexity index is 456. The molecule has 0 amide bonds. The van der Waals surface area contributed by atoms with Gasteiger partial charge in [0.25, 0.3) is 0 Å². The molecule has 1 aromatic heterocycles. The van der Waals surface area contributed by atoms with Crippen molar-refractivity contribution in [3.05, 3.63) is 22.4 Å². The van der Waals surface area contributed by atoms with E-state index in [4.69, 9.17) is 10.3 Å². The summed E-state index contributed by atoms with van der Waals surface area (Å²) in [5.74, 6) is 4.59. The number of nitrogens with zero attached hydrogens (tertiary/aromatic N) is 1. The first-order chi connectivity index (χ1) is 6.20. The molecule has 13 heavy (non-hydrogen) atoms. The maximum Gasteiger partial charge on any atom is 0.310 e. The summed E-state index contributed by atoms with van der Waals surface area (Å²) in [5, 5.41) is 0. The molecule has 0 spiro atoms. The number of fused-ring (bicyclic) bond motifs is 1. The van der Waals surface area contributed by atoms with Crippen LogP contribution in [0.4, 0.5) is 10.4 Å². The van der Waals surface area contributed by atoms with Crippen LogP contribution in [0.2, 0.25) is 0 Å². The first kappa shape index (κ1) is 8.46. The highest BCUT2D eigenvalue weighted by Gasteiger charge is 2.10. The molecule has 0 aliphatic carbocycles. The van der Waals surface area contributed by atoms with Crippen molar-refractivity contribution in [1.82, 2.24) is 4.98 Å². The number of nitrogens with two attached hydrogens (primary N) is 1. The average Bonchev–Trinajstić information content (AvgIpc) is 2.47. The molecule has 1 heterocycles. The maximum absolute atomic E-state index is 13.2. The van der Waals surface area contributed by atoms with E-state index in [1.54, 1.807) is 6.07 Å². The molecule has 0 saturated carbocycles. The van der Waals surface area contributed by atoms with Crippen LogP contribution in [0.15, 0.2) is 21.0 Å². The van der Waals surface area contributed by atoms with Crippen molar-refractivity contribution in [2.75, 3.05) is 5.43 Å². The van der Waals surface area contributed by atoms with Gasteiger partial charge in [0.05, 0.1) is 0 Å². The number of aromatic nitrogens is 1. The molecule has 0 aliphatic rings. The minimum absolute atomic E-state index is 0.0898. The fraction of sp³-hybridized carbons (Fsp3) is 0. The lowest BCUT2D eigenvalue weighted by Gasteiger charge is -1.90. The summed E-state index contributed by atoms with van der Waals surface area (Å²) < 4.78 is 18.7. The van der Waals surface area contributed by atoms with Crippen molar-refractivity contribution in [3.8, 4) is 0 Å². The van der Waals surface area contributed by atoms with Crippen LogP contribution in [0.5, 0.6) is 0 Å². The highest BCUT2D eigenvalue weighted by Crippen LogP contribution is 2.25. The standard InChI is InChI=1S/C7H5BrFN3O/c8-3-1-4(9)6-5(2-3)11-7(12-10)13-6/h1-2H,10H2,(H,11,12). The Labute approximate surface area is 81.0 Å². The van der Waals surface area contributed by atoms with Crippen LogP contribution >= 0.6 is 15.9 Å². The summed E-state index contributed by atoms with van der Waals surface area (Å²) >= 11 is 3.14. The lowest BCUT2D eigenvalue weighted by atomic mass is 10.3. The van der Waals surface area contributed by atoms with Crippen LogP contribution in [0.25, 0.3) is 11.1 Å². The molecule has 0 atom stereocenters. The van der Waals surface area contributed by atoms with Crippen molar-refractivity contribution in [1.29, 1.82) is 0 Å². The Morgan fingerprint density at radius 3 is 3.00 bits per heavy atom. The summed E-state index contributed by atoms with van der Waals surface area (Å²) in [4.78, 5) is 3.88. The summed E-state index contributed by atoms with van der Waals surface area (Å²) in [5.41, 5.74) is 2.71. The van der Waals surface area contributed by atoms with Crippen LogP contribution in [0, 0.1) is 5.82 Å². The minimum atomic E-state index is -0.474. The number of nitrogens with one attached hydrogen (secondary N) is 1. The average molecular weight is 246 g/mol. The molecule has 68 valence electrons. The molecule has 0 saturated heterocycles. The fourth-order valence-corrected chi connectivity index (χ4v) is 1.44. The molecular weight excluding hydrogens is 241 g/mol. The smallest absolute Gasteiger partial charge is 0.310 e. The molecule has 4 nitrogen and oxygen atoms in total. The van der Waals surface area contributed by atoms with Crippen molar-refractivity contribution in [3.63, 3.8) is 0 Å². The first-order valence-electron chi connectivity index (χ1n) is 3.43. The summed E-state index contributed by atoms with van der Waals surface area (Å²) in [7, 11) is 0. The van der Waals surface area contributed by atoms with Crippen molar-refractivity contribution >= 4 is 33.0 Å². The zero-order chi connectivity index (χ0) is 9.42. The largest absolute Gasteiger partial charge is 0.419 e. The van der Waals surface area contributed by atoms with E-state index >= 15 is 0 Å². The van der Waals surface area contributed by atoms with E-state index in [1.165, 1.54) is 6.07 Å². The van der Waals surface area contributed by atoms with Gasteiger partial charge in [0.1, 0.15) is 5.52 Å². The number of benzene rings is 1. The van der Waals surface area contributed by atoms with Crippen LogP contribution in [-0.2, 0) is 0 Å². The predicted molar refractivity (Wildman–Crippen MR) is 49.5 cm³/mol. The Hall–Kier alpha value is -1.14. The minimum Gasteiger partial charge on any atom is -0.419 e. The zero-order valence-corrected chi connectivity index (χ0v) is 7.93. The number of oxazole rings is 1.